The van der Waals surface area contributed by atoms with E-state index in [0.717, 1.165) is 17.5 Å². The van der Waals surface area contributed by atoms with Gasteiger partial charge in [0, 0.05) is 18.8 Å². The van der Waals surface area contributed by atoms with Crippen molar-refractivity contribution in [2.75, 3.05) is 5.32 Å². The molecule has 3 saturated carbocycles. The Morgan fingerprint density at radius 1 is 1.08 bits per heavy atom. The molecule has 0 saturated heterocycles. The maximum absolute atomic E-state index is 13.5. The van der Waals surface area contributed by atoms with E-state index in [1.165, 1.54) is 11.1 Å². The molecule has 4 atom stereocenters. The summed E-state index contributed by atoms with van der Waals surface area (Å²) in [6.07, 6.45) is 5.68. The molecule has 6 rings (SSSR count). The topological polar surface area (TPSA) is 88.4 Å². The Morgan fingerprint density at radius 2 is 1.76 bits per heavy atom. The van der Waals surface area contributed by atoms with Crippen molar-refractivity contribution < 1.29 is 4.79 Å². The number of amides is 1. The van der Waals surface area contributed by atoms with Crippen LogP contribution in [0.2, 0.25) is 0 Å². The van der Waals surface area contributed by atoms with E-state index in [0.29, 0.717) is 47.5 Å². The average Bonchev–Trinajstić information content (AvgIpc) is 2.92. The number of rotatable bonds is 9. The van der Waals surface area contributed by atoms with Crippen LogP contribution in [0.1, 0.15) is 50.3 Å². The molecule has 3 fully saturated rings. The van der Waals surface area contributed by atoms with Gasteiger partial charge in [-0.3, -0.25) is 14.6 Å². The van der Waals surface area contributed by atoms with Crippen molar-refractivity contribution in [1.82, 2.24) is 15.1 Å². The van der Waals surface area contributed by atoms with Gasteiger partial charge in [0.2, 0.25) is 5.91 Å². The quantitative estimate of drug-likeness (QED) is 0.409. The highest BCUT2D eigenvalue weighted by molar-refractivity contribution is 5.87. The Balaban J connectivity index is 1.35. The van der Waals surface area contributed by atoms with Crippen molar-refractivity contribution in [2.45, 2.75) is 59.3 Å². The predicted octanol–water partition coefficient (Wildman–Crippen LogP) is 4.66. The molecule has 0 radical (unpaired) electrons. The molecule has 1 amide bonds. The summed E-state index contributed by atoms with van der Waals surface area (Å²) in [5, 5.41) is 10.9. The molecule has 38 heavy (non-hydrogen) atoms. The number of carbonyl (C=O) groups excluding carboxylic acids is 1. The summed E-state index contributed by atoms with van der Waals surface area (Å²) in [4.78, 5) is 30.7. The normalized spacial score (nSPS) is 23.6. The Bertz CT molecular complexity index is 1350. The van der Waals surface area contributed by atoms with Crippen LogP contribution >= 0.6 is 0 Å². The maximum atomic E-state index is 13.5. The minimum absolute atomic E-state index is 0.149. The van der Waals surface area contributed by atoms with Gasteiger partial charge in [-0.15, -0.1) is 0 Å². The molecule has 2 N–H and O–H groups in total. The molecule has 0 spiro atoms. The molecule has 198 valence electrons. The van der Waals surface area contributed by atoms with Crippen LogP contribution in [0.25, 0.3) is 0 Å². The number of aromatic nitrogens is 2. The Hall–Kier alpha value is -3.74. The number of aliphatic imine (C=N–C) groups is 1. The number of carbonyl (C=O) groups is 1. The van der Waals surface area contributed by atoms with Crippen LogP contribution in [0.4, 0.5) is 5.69 Å². The van der Waals surface area contributed by atoms with Gasteiger partial charge in [-0.05, 0) is 47.1 Å². The zero-order valence-electron chi connectivity index (χ0n) is 22.4. The van der Waals surface area contributed by atoms with E-state index in [2.05, 4.69) is 41.5 Å². The fourth-order valence-corrected chi connectivity index (χ4v) is 6.21. The number of benzene rings is 2. The summed E-state index contributed by atoms with van der Waals surface area (Å²) in [6.45, 7) is 7.80. The largest absolute Gasteiger partial charge is 0.380 e. The van der Waals surface area contributed by atoms with Crippen LogP contribution in [-0.4, -0.2) is 27.9 Å². The highest BCUT2D eigenvalue weighted by Gasteiger charge is 2.56. The van der Waals surface area contributed by atoms with Crippen LogP contribution in [-0.2, 0) is 24.4 Å². The van der Waals surface area contributed by atoms with E-state index >= 15 is 0 Å². The predicted molar refractivity (Wildman–Crippen MR) is 151 cm³/mol. The van der Waals surface area contributed by atoms with Crippen molar-refractivity contribution in [3.05, 3.63) is 93.9 Å². The third kappa shape index (κ3) is 5.42. The van der Waals surface area contributed by atoms with Crippen molar-refractivity contribution in [2.24, 2.45) is 28.2 Å². The number of nitrogens with zero attached hydrogens (tertiary/aromatic N) is 3. The molecule has 1 aromatic heterocycles. The summed E-state index contributed by atoms with van der Waals surface area (Å²) in [5.74, 6) is 1.60. The SMILES string of the molecule is C[C@H]1C(Nc2cnn(CC(=O)NCc3ccccc3)c(=O)c2C=NCc2ccccc2)C[C@@H]2CC1C2(C)C. The third-order valence-electron chi connectivity index (χ3n) is 8.74. The molecule has 2 unspecified atom stereocenters. The van der Waals surface area contributed by atoms with Crippen molar-refractivity contribution in [1.29, 1.82) is 0 Å². The zero-order valence-corrected chi connectivity index (χ0v) is 22.4. The maximum Gasteiger partial charge on any atom is 0.278 e. The van der Waals surface area contributed by atoms with Crippen LogP contribution in [0.15, 0.2) is 76.6 Å². The summed E-state index contributed by atoms with van der Waals surface area (Å²) in [5.41, 5.74) is 3.25. The fraction of sp³-hybridized carbons (Fsp3) is 0.419. The van der Waals surface area contributed by atoms with Crippen molar-refractivity contribution in [3.63, 3.8) is 0 Å². The first-order valence-corrected chi connectivity index (χ1v) is 13.5. The van der Waals surface area contributed by atoms with E-state index in [1.54, 1.807) is 12.4 Å². The highest BCUT2D eigenvalue weighted by atomic mass is 16.2. The van der Waals surface area contributed by atoms with E-state index in [9.17, 15) is 9.59 Å². The molecule has 1 heterocycles. The molecule has 2 bridgehead atoms. The lowest BCUT2D eigenvalue weighted by Gasteiger charge is -2.62. The molecule has 3 aliphatic rings. The lowest BCUT2D eigenvalue weighted by Crippen LogP contribution is -2.58. The van der Waals surface area contributed by atoms with Gasteiger partial charge in [-0.2, -0.15) is 5.10 Å². The summed E-state index contributed by atoms with van der Waals surface area (Å²) in [6, 6.07) is 19.9. The third-order valence-corrected chi connectivity index (χ3v) is 8.74. The standard InChI is InChI=1S/C31H37N5O2/c1-21-26-14-24(31(26,2)3)15-27(21)35-28-19-34-36(20-29(37)33-17-23-12-8-5-9-13-23)30(38)25(28)18-32-16-22-10-6-4-7-11-22/h4-13,18-19,21,24,26-27,35H,14-17,20H2,1-3H3,(H,33,37)/t21-,24+,26?,27?/m1/s1. The van der Waals surface area contributed by atoms with Gasteiger partial charge in [0.1, 0.15) is 6.54 Å². The number of hydrogen-bond acceptors (Lipinski definition) is 5. The second kappa shape index (κ2) is 10.9. The first-order chi connectivity index (χ1) is 18.3. The number of nitrogens with one attached hydrogen (secondary N) is 2. The summed E-state index contributed by atoms with van der Waals surface area (Å²) >= 11 is 0. The Kier molecular flexibility index (Phi) is 7.45. The van der Waals surface area contributed by atoms with Gasteiger partial charge in [-0.25, -0.2) is 4.68 Å². The minimum atomic E-state index is -0.323. The fourth-order valence-electron chi connectivity index (χ4n) is 6.21. The highest BCUT2D eigenvalue weighted by Crippen LogP contribution is 2.61. The monoisotopic (exact) mass is 511 g/mol. The Labute approximate surface area is 224 Å². The second-order valence-corrected chi connectivity index (χ2v) is 11.4. The second-order valence-electron chi connectivity index (χ2n) is 11.4. The molecule has 3 aliphatic carbocycles. The molecular weight excluding hydrogens is 474 g/mol. The molecular formula is C31H37N5O2. The van der Waals surface area contributed by atoms with Gasteiger partial charge in [0.15, 0.2) is 0 Å². The first-order valence-electron chi connectivity index (χ1n) is 13.5. The summed E-state index contributed by atoms with van der Waals surface area (Å²) < 4.78 is 1.22. The lowest BCUT2D eigenvalue weighted by molar-refractivity contribution is -0.122. The summed E-state index contributed by atoms with van der Waals surface area (Å²) in [7, 11) is 0. The van der Waals surface area contributed by atoms with Gasteiger partial charge < -0.3 is 10.6 Å². The van der Waals surface area contributed by atoms with E-state index in [4.69, 9.17) is 0 Å². The molecule has 2 aromatic carbocycles. The van der Waals surface area contributed by atoms with Gasteiger partial charge in [-0.1, -0.05) is 81.4 Å². The van der Waals surface area contributed by atoms with Gasteiger partial charge in [0.25, 0.3) is 5.56 Å². The molecule has 7 nitrogen and oxygen atoms in total. The number of anilines is 1. The molecule has 7 heteroatoms. The zero-order chi connectivity index (χ0) is 26.7. The lowest BCUT2D eigenvalue weighted by atomic mass is 9.45. The van der Waals surface area contributed by atoms with Crippen LogP contribution in [0.3, 0.4) is 0 Å². The average molecular weight is 512 g/mol. The van der Waals surface area contributed by atoms with E-state index in [-0.39, 0.29) is 24.1 Å². The van der Waals surface area contributed by atoms with Gasteiger partial charge in [0.05, 0.1) is 24.0 Å². The minimum Gasteiger partial charge on any atom is -0.380 e. The van der Waals surface area contributed by atoms with Crippen molar-refractivity contribution >= 4 is 17.8 Å². The van der Waals surface area contributed by atoms with Crippen LogP contribution in [0, 0.1) is 23.2 Å². The number of fused-ring (bicyclic) bond motifs is 2. The van der Waals surface area contributed by atoms with E-state index in [1.807, 2.05) is 60.7 Å². The van der Waals surface area contributed by atoms with Gasteiger partial charge >= 0.3 is 0 Å². The first kappa shape index (κ1) is 25.9. The van der Waals surface area contributed by atoms with Crippen LogP contribution < -0.4 is 16.2 Å². The number of hydrogen-bond donors (Lipinski definition) is 2. The molecule has 3 aromatic rings. The Morgan fingerprint density at radius 3 is 2.42 bits per heavy atom. The molecule has 0 aliphatic heterocycles. The smallest absolute Gasteiger partial charge is 0.278 e. The van der Waals surface area contributed by atoms with Crippen molar-refractivity contribution in [3.8, 4) is 0 Å². The van der Waals surface area contributed by atoms with Crippen LogP contribution in [0.5, 0.6) is 0 Å². The van der Waals surface area contributed by atoms with E-state index < -0.39 is 0 Å².